The van der Waals surface area contributed by atoms with Gasteiger partial charge in [-0.05, 0) is 83.2 Å². The van der Waals surface area contributed by atoms with Crippen molar-refractivity contribution in [1.29, 1.82) is 0 Å². The number of nitrogen functional groups attached to an aromatic ring is 1. The van der Waals surface area contributed by atoms with E-state index in [2.05, 4.69) is 41.8 Å². The predicted molar refractivity (Wildman–Crippen MR) is 166 cm³/mol. The van der Waals surface area contributed by atoms with Crippen molar-refractivity contribution >= 4 is 28.7 Å². The molecule has 7 N–H and O–H groups in total. The Morgan fingerprint density at radius 3 is 2.40 bits per heavy atom. The van der Waals surface area contributed by atoms with Gasteiger partial charge in [-0.3, -0.25) is 10.6 Å². The summed E-state index contributed by atoms with van der Waals surface area (Å²) in [6.45, 7) is 9.54. The van der Waals surface area contributed by atoms with E-state index in [-0.39, 0.29) is 5.91 Å². The Morgan fingerprint density at radius 1 is 1.10 bits per heavy atom. The van der Waals surface area contributed by atoms with Crippen LogP contribution in [0.3, 0.4) is 0 Å². The van der Waals surface area contributed by atoms with Crippen LogP contribution in [0.1, 0.15) is 47.8 Å². The van der Waals surface area contributed by atoms with Crippen molar-refractivity contribution in [3.05, 3.63) is 88.3 Å². The second-order valence-corrected chi connectivity index (χ2v) is 9.99. The van der Waals surface area contributed by atoms with Gasteiger partial charge in [0.15, 0.2) is 0 Å². The standard InChI is InChI=1S/C23H32N6O.C7H9N3/c1-16-7-8-19(14-21(16)28-24)27-22(30)17-11-18(23(2,3)15-25-4)13-20(12-17)26-9-10-29(5)6;1-2-7(8)6-3-9-5-10-4-6/h7-8,11-14,26,28H,9-10,24H2,1-6H3;2-5H,8H2,1H3/p+1/b;7-2+. The van der Waals surface area contributed by atoms with Gasteiger partial charge in [0.25, 0.3) is 19.0 Å². The van der Waals surface area contributed by atoms with Gasteiger partial charge >= 0.3 is 0 Å². The van der Waals surface area contributed by atoms with Gasteiger partial charge in [-0.15, -0.1) is 0 Å². The summed E-state index contributed by atoms with van der Waals surface area (Å²) in [4.78, 5) is 26.8. The molecule has 0 bridgehead atoms. The van der Waals surface area contributed by atoms with Gasteiger partial charge in [-0.25, -0.2) is 9.97 Å². The van der Waals surface area contributed by atoms with Gasteiger partial charge < -0.3 is 26.7 Å². The molecular weight excluding hydrogens is 502 g/mol. The molecule has 3 rings (SSSR count). The highest BCUT2D eigenvalue weighted by atomic mass is 16.1. The molecule has 0 atom stereocenters. The van der Waals surface area contributed by atoms with Crippen molar-refractivity contribution in [3.63, 3.8) is 0 Å². The molecule has 0 unspecified atom stereocenters. The Kier molecular flexibility index (Phi) is 12.1. The topological polar surface area (TPSA) is 139 Å². The highest BCUT2D eigenvalue weighted by Gasteiger charge is 2.26. The first-order valence-corrected chi connectivity index (χ1v) is 13.0. The number of allylic oxidation sites excluding steroid dienone is 1. The lowest BCUT2D eigenvalue weighted by Crippen LogP contribution is -2.22. The fourth-order valence-electron chi connectivity index (χ4n) is 3.66. The zero-order valence-corrected chi connectivity index (χ0v) is 24.5. The van der Waals surface area contributed by atoms with Crippen molar-refractivity contribution < 1.29 is 4.79 Å². The average Bonchev–Trinajstić information content (AvgIpc) is 2.94. The van der Waals surface area contributed by atoms with E-state index in [1.807, 2.05) is 84.3 Å². The number of nitrogens with zero attached hydrogens (tertiary/aromatic N) is 4. The van der Waals surface area contributed by atoms with E-state index < -0.39 is 5.41 Å². The normalized spacial score (nSPS) is 11.1. The molecule has 0 aliphatic heterocycles. The van der Waals surface area contributed by atoms with E-state index in [0.717, 1.165) is 41.2 Å². The third-order valence-electron chi connectivity index (χ3n) is 6.05. The number of nitrogens with two attached hydrogens (primary N) is 2. The summed E-state index contributed by atoms with van der Waals surface area (Å²) in [6, 6.07) is 14.5. The molecule has 0 aliphatic carbocycles. The summed E-state index contributed by atoms with van der Waals surface area (Å²) in [5, 5.41) is 6.37. The highest BCUT2D eigenvalue weighted by Crippen LogP contribution is 2.28. The van der Waals surface area contributed by atoms with E-state index in [1.165, 1.54) is 6.33 Å². The van der Waals surface area contributed by atoms with Gasteiger partial charge in [0.1, 0.15) is 11.7 Å². The number of likely N-dealkylation sites (N-methyl/N-ethyl adjacent to an activating group) is 1. The van der Waals surface area contributed by atoms with E-state index in [4.69, 9.17) is 11.6 Å². The summed E-state index contributed by atoms with van der Waals surface area (Å²) < 4.78 is 0. The number of nitrogens with one attached hydrogen (secondary N) is 3. The molecule has 10 heteroatoms. The SMILES string of the molecule is C/C=C(/N)c1cncnc1.C[N+]#CC(C)(C)c1cc(NCCN(C)C)cc(C(=O)Nc2ccc(C)c(NN)c2)c1. The van der Waals surface area contributed by atoms with E-state index >= 15 is 0 Å². The number of carbonyl (C=O) groups excluding carboxylic acids is 1. The van der Waals surface area contributed by atoms with Crippen molar-refractivity contribution in [3.8, 4) is 6.07 Å². The molecule has 3 aromatic rings. The van der Waals surface area contributed by atoms with Crippen molar-refractivity contribution in [2.24, 2.45) is 11.6 Å². The van der Waals surface area contributed by atoms with Crippen LogP contribution in [0.4, 0.5) is 17.1 Å². The number of aromatic nitrogens is 2. The minimum absolute atomic E-state index is 0.191. The number of hydrazine groups is 1. The Hall–Kier alpha value is -4.46. The second kappa shape index (κ2) is 15.2. The fraction of sp³-hybridized carbons (Fsp3) is 0.333. The monoisotopic (exact) mass is 544 g/mol. The van der Waals surface area contributed by atoms with Crippen molar-refractivity contribution in [1.82, 2.24) is 14.9 Å². The first-order valence-electron chi connectivity index (χ1n) is 13.0. The zero-order chi connectivity index (χ0) is 29.7. The molecule has 1 amide bonds. The van der Waals surface area contributed by atoms with Crippen molar-refractivity contribution in [2.45, 2.75) is 33.1 Å². The van der Waals surface area contributed by atoms with Crippen LogP contribution in [0.25, 0.3) is 10.5 Å². The number of anilines is 3. The van der Waals surface area contributed by atoms with E-state index in [9.17, 15) is 4.79 Å². The van der Waals surface area contributed by atoms with Gasteiger partial charge in [-0.2, -0.15) is 0 Å². The van der Waals surface area contributed by atoms with E-state index in [0.29, 0.717) is 16.9 Å². The first-order chi connectivity index (χ1) is 19.0. The fourth-order valence-corrected chi connectivity index (χ4v) is 3.66. The van der Waals surface area contributed by atoms with Crippen LogP contribution in [-0.4, -0.2) is 55.0 Å². The largest absolute Gasteiger partial charge is 0.398 e. The molecule has 0 saturated heterocycles. The maximum atomic E-state index is 13.0. The first kappa shape index (κ1) is 31.8. The maximum Gasteiger partial charge on any atom is 0.283 e. The number of hydrogen-bond donors (Lipinski definition) is 5. The zero-order valence-electron chi connectivity index (χ0n) is 24.5. The van der Waals surface area contributed by atoms with Crippen LogP contribution < -0.4 is 27.6 Å². The average molecular weight is 545 g/mol. The van der Waals surface area contributed by atoms with Gasteiger partial charge in [-0.1, -0.05) is 17.0 Å². The highest BCUT2D eigenvalue weighted by molar-refractivity contribution is 6.05. The summed E-state index contributed by atoms with van der Waals surface area (Å²) in [5.41, 5.74) is 14.2. The lowest BCUT2D eigenvalue weighted by Gasteiger charge is -2.18. The third-order valence-corrected chi connectivity index (χ3v) is 6.05. The van der Waals surface area contributed by atoms with Gasteiger partial charge in [0, 0.05) is 53.7 Å². The maximum absolute atomic E-state index is 13.0. The minimum atomic E-state index is -0.427. The molecular formula is C30H42N9O+. The summed E-state index contributed by atoms with van der Waals surface area (Å²) in [6.07, 6.45) is 6.66. The van der Waals surface area contributed by atoms with Crippen LogP contribution in [0.5, 0.6) is 0 Å². The number of hydrogen-bond acceptors (Lipinski definition) is 8. The summed E-state index contributed by atoms with van der Waals surface area (Å²) >= 11 is 0. The lowest BCUT2D eigenvalue weighted by molar-refractivity contribution is 0.102. The molecule has 2 aromatic carbocycles. The van der Waals surface area contributed by atoms with Crippen LogP contribution in [0, 0.1) is 13.0 Å². The van der Waals surface area contributed by atoms with Crippen LogP contribution in [0.15, 0.2) is 61.2 Å². The summed E-state index contributed by atoms with van der Waals surface area (Å²) in [5.74, 6) is 5.36. The Labute approximate surface area is 237 Å². The smallest absolute Gasteiger partial charge is 0.283 e. The molecule has 0 radical (unpaired) electrons. The minimum Gasteiger partial charge on any atom is -0.398 e. The number of amides is 1. The number of rotatable bonds is 9. The molecule has 212 valence electrons. The molecule has 0 fully saturated rings. The Bertz CT molecular complexity index is 1360. The quantitative estimate of drug-likeness (QED) is 0.195. The third kappa shape index (κ3) is 9.69. The summed E-state index contributed by atoms with van der Waals surface area (Å²) in [7, 11) is 5.76. The number of carbonyl (C=O) groups is 1. The van der Waals surface area contributed by atoms with Crippen LogP contribution in [0.2, 0.25) is 0 Å². The number of aryl methyl sites for hydroxylation is 1. The van der Waals surface area contributed by atoms with Gasteiger partial charge in [0.2, 0.25) is 0 Å². The Morgan fingerprint density at radius 2 is 1.80 bits per heavy atom. The predicted octanol–water partition coefficient (Wildman–Crippen LogP) is 4.54. The Balaban J connectivity index is 0.000000469. The molecule has 1 aromatic heterocycles. The second-order valence-electron chi connectivity index (χ2n) is 9.99. The van der Waals surface area contributed by atoms with Crippen molar-refractivity contribution in [2.75, 3.05) is 50.3 Å². The van der Waals surface area contributed by atoms with Crippen LogP contribution >= 0.6 is 0 Å². The molecule has 0 aliphatic rings. The molecule has 0 spiro atoms. The molecule has 0 saturated carbocycles. The number of benzene rings is 2. The molecule has 40 heavy (non-hydrogen) atoms. The molecule has 10 nitrogen and oxygen atoms in total. The molecule has 1 heterocycles. The lowest BCUT2D eigenvalue weighted by atomic mass is 9.85. The van der Waals surface area contributed by atoms with E-state index in [1.54, 1.807) is 19.4 Å². The van der Waals surface area contributed by atoms with Crippen LogP contribution in [-0.2, 0) is 5.41 Å². The van der Waals surface area contributed by atoms with Gasteiger partial charge in [0.05, 0.1) is 5.69 Å².